The van der Waals surface area contributed by atoms with Crippen LogP contribution in [0.4, 0.5) is 0 Å². The molecule has 4 rings (SSSR count). The first-order valence-corrected chi connectivity index (χ1v) is 9.52. The van der Waals surface area contributed by atoms with Gasteiger partial charge in [-0.3, -0.25) is 9.78 Å². The summed E-state index contributed by atoms with van der Waals surface area (Å²) in [6.07, 6.45) is 3.40. The highest BCUT2D eigenvalue weighted by Crippen LogP contribution is 2.25. The summed E-state index contributed by atoms with van der Waals surface area (Å²) < 4.78 is 5.88. The quantitative estimate of drug-likeness (QED) is 0.642. The summed E-state index contributed by atoms with van der Waals surface area (Å²) >= 11 is 0. The fourth-order valence-corrected chi connectivity index (χ4v) is 3.50. The van der Waals surface area contributed by atoms with Gasteiger partial charge >= 0.3 is 0 Å². The number of piperazine rings is 1. The summed E-state index contributed by atoms with van der Waals surface area (Å²) in [6, 6.07) is 21.5. The Morgan fingerprint density at radius 1 is 1.03 bits per heavy atom. The molecule has 1 atom stereocenters. The zero-order chi connectivity index (χ0) is 19.2. The highest BCUT2D eigenvalue weighted by atomic mass is 35.5. The Morgan fingerprint density at radius 2 is 1.80 bits per heavy atom. The van der Waals surface area contributed by atoms with Gasteiger partial charge in [0.15, 0.2) is 0 Å². The van der Waals surface area contributed by atoms with Gasteiger partial charge in [0, 0.05) is 31.4 Å². The summed E-state index contributed by atoms with van der Waals surface area (Å²) in [4.78, 5) is 19.4. The second-order valence-electron chi connectivity index (χ2n) is 6.77. The number of amides is 1. The molecular formula is C23H25Cl2N3O2. The Balaban J connectivity index is 0.00000160. The number of hydrogen-bond donors (Lipinski definition) is 1. The van der Waals surface area contributed by atoms with Crippen molar-refractivity contribution in [3.8, 4) is 16.9 Å². The molecule has 2 heterocycles. The Labute approximate surface area is 189 Å². The first-order valence-electron chi connectivity index (χ1n) is 9.52. The standard InChI is InChI=1S/C23H23N3O2.2ClH/c27-23(22-11-5-4-10-21(22)18-7-2-1-3-8-18)26-14-13-25-15-19(26)17-28-20-9-6-12-24-16-20;;/h1-12,16,19,25H,13-15,17H2;2*1H. The van der Waals surface area contributed by atoms with E-state index in [2.05, 4.69) is 10.3 Å². The molecule has 1 aliphatic heterocycles. The predicted molar refractivity (Wildman–Crippen MR) is 124 cm³/mol. The van der Waals surface area contributed by atoms with Crippen LogP contribution in [0.5, 0.6) is 5.75 Å². The van der Waals surface area contributed by atoms with Crippen LogP contribution in [0.15, 0.2) is 79.1 Å². The zero-order valence-electron chi connectivity index (χ0n) is 16.4. The van der Waals surface area contributed by atoms with Gasteiger partial charge in [-0.2, -0.15) is 0 Å². The third-order valence-electron chi connectivity index (χ3n) is 4.93. The molecule has 1 N–H and O–H groups in total. The molecule has 0 spiro atoms. The van der Waals surface area contributed by atoms with Crippen LogP contribution in [0.25, 0.3) is 11.1 Å². The molecule has 158 valence electrons. The van der Waals surface area contributed by atoms with Crippen molar-refractivity contribution in [2.24, 2.45) is 0 Å². The molecule has 1 aromatic heterocycles. The van der Waals surface area contributed by atoms with Crippen LogP contribution in [0.2, 0.25) is 0 Å². The van der Waals surface area contributed by atoms with Crippen molar-refractivity contribution in [1.29, 1.82) is 0 Å². The van der Waals surface area contributed by atoms with Crippen LogP contribution in [0, 0.1) is 0 Å². The molecule has 1 amide bonds. The van der Waals surface area contributed by atoms with Crippen molar-refractivity contribution in [2.75, 3.05) is 26.2 Å². The van der Waals surface area contributed by atoms with Crippen LogP contribution >= 0.6 is 24.8 Å². The highest BCUT2D eigenvalue weighted by Gasteiger charge is 2.29. The largest absolute Gasteiger partial charge is 0.490 e. The number of carbonyl (C=O) groups excluding carboxylic acids is 1. The number of halogens is 2. The third kappa shape index (κ3) is 5.51. The monoisotopic (exact) mass is 445 g/mol. The van der Waals surface area contributed by atoms with Crippen LogP contribution in [-0.4, -0.2) is 48.1 Å². The summed E-state index contributed by atoms with van der Waals surface area (Å²) in [5.41, 5.74) is 2.73. The second-order valence-corrected chi connectivity index (χ2v) is 6.77. The smallest absolute Gasteiger partial charge is 0.254 e. The molecule has 1 aliphatic rings. The molecule has 5 nitrogen and oxygen atoms in total. The molecule has 0 aliphatic carbocycles. The molecule has 1 saturated heterocycles. The first-order chi connectivity index (χ1) is 13.8. The fourth-order valence-electron chi connectivity index (χ4n) is 3.50. The lowest BCUT2D eigenvalue weighted by atomic mass is 9.98. The van der Waals surface area contributed by atoms with Gasteiger partial charge in [0.25, 0.3) is 5.91 Å². The van der Waals surface area contributed by atoms with Gasteiger partial charge in [-0.05, 0) is 29.3 Å². The second kappa shape index (κ2) is 11.6. The number of pyridine rings is 1. The van der Waals surface area contributed by atoms with E-state index in [-0.39, 0.29) is 36.8 Å². The topological polar surface area (TPSA) is 54.5 Å². The van der Waals surface area contributed by atoms with Gasteiger partial charge < -0.3 is 15.0 Å². The lowest BCUT2D eigenvalue weighted by Gasteiger charge is -2.36. The minimum absolute atomic E-state index is 0. The zero-order valence-corrected chi connectivity index (χ0v) is 18.1. The Bertz CT molecular complexity index is 926. The SMILES string of the molecule is Cl.Cl.O=C(c1ccccc1-c1ccccc1)N1CCNCC1COc1cccnc1. The number of ether oxygens (including phenoxy) is 1. The first kappa shape index (κ1) is 23.7. The average molecular weight is 446 g/mol. The Morgan fingerprint density at radius 3 is 2.57 bits per heavy atom. The van der Waals surface area contributed by atoms with E-state index in [1.54, 1.807) is 12.4 Å². The van der Waals surface area contributed by atoms with E-state index in [4.69, 9.17) is 4.74 Å². The van der Waals surface area contributed by atoms with Crippen LogP contribution in [-0.2, 0) is 0 Å². The summed E-state index contributed by atoms with van der Waals surface area (Å²) in [5, 5.41) is 3.36. The van der Waals surface area contributed by atoms with Crippen molar-refractivity contribution in [3.63, 3.8) is 0 Å². The number of rotatable bonds is 5. The maximum atomic E-state index is 13.4. The van der Waals surface area contributed by atoms with E-state index < -0.39 is 0 Å². The van der Waals surface area contributed by atoms with E-state index in [0.717, 1.165) is 23.2 Å². The van der Waals surface area contributed by atoms with E-state index in [0.29, 0.717) is 25.4 Å². The molecule has 0 saturated carbocycles. The van der Waals surface area contributed by atoms with Gasteiger partial charge in [-0.15, -0.1) is 24.8 Å². The van der Waals surface area contributed by atoms with E-state index in [1.165, 1.54) is 0 Å². The van der Waals surface area contributed by atoms with Crippen molar-refractivity contribution in [3.05, 3.63) is 84.7 Å². The van der Waals surface area contributed by atoms with Gasteiger partial charge in [-0.25, -0.2) is 0 Å². The van der Waals surface area contributed by atoms with Crippen LogP contribution in [0.3, 0.4) is 0 Å². The van der Waals surface area contributed by atoms with Crippen molar-refractivity contribution >= 4 is 30.7 Å². The van der Waals surface area contributed by atoms with Gasteiger partial charge in [0.1, 0.15) is 12.4 Å². The maximum absolute atomic E-state index is 13.4. The summed E-state index contributed by atoms with van der Waals surface area (Å²) in [5.74, 6) is 0.755. The molecule has 1 fully saturated rings. The molecule has 1 unspecified atom stereocenters. The molecule has 2 aromatic carbocycles. The van der Waals surface area contributed by atoms with Gasteiger partial charge in [0.2, 0.25) is 0 Å². The summed E-state index contributed by atoms with van der Waals surface area (Å²) in [7, 11) is 0. The lowest BCUT2D eigenvalue weighted by Crippen LogP contribution is -2.56. The third-order valence-corrected chi connectivity index (χ3v) is 4.93. The maximum Gasteiger partial charge on any atom is 0.254 e. The molecule has 0 radical (unpaired) electrons. The highest BCUT2D eigenvalue weighted by molar-refractivity contribution is 6.01. The number of nitrogens with zero attached hydrogens (tertiary/aromatic N) is 2. The number of carbonyl (C=O) groups is 1. The molecule has 0 bridgehead atoms. The minimum atomic E-state index is -0.0368. The van der Waals surface area contributed by atoms with E-state index in [1.807, 2.05) is 71.6 Å². The van der Waals surface area contributed by atoms with Crippen molar-refractivity contribution in [2.45, 2.75) is 6.04 Å². The normalized spacial score (nSPS) is 15.5. The van der Waals surface area contributed by atoms with Crippen molar-refractivity contribution in [1.82, 2.24) is 15.2 Å². The number of hydrogen-bond acceptors (Lipinski definition) is 4. The van der Waals surface area contributed by atoms with E-state index in [9.17, 15) is 4.79 Å². The number of benzene rings is 2. The van der Waals surface area contributed by atoms with Crippen LogP contribution in [0.1, 0.15) is 10.4 Å². The van der Waals surface area contributed by atoms with Gasteiger partial charge in [0.05, 0.1) is 12.2 Å². The van der Waals surface area contributed by atoms with E-state index >= 15 is 0 Å². The lowest BCUT2D eigenvalue weighted by molar-refractivity contribution is 0.0560. The minimum Gasteiger partial charge on any atom is -0.490 e. The molecule has 3 aromatic rings. The average Bonchev–Trinajstić information content (AvgIpc) is 2.79. The number of nitrogens with one attached hydrogen (secondary N) is 1. The summed E-state index contributed by atoms with van der Waals surface area (Å²) in [6.45, 7) is 2.57. The molecular weight excluding hydrogens is 421 g/mol. The van der Waals surface area contributed by atoms with Crippen LogP contribution < -0.4 is 10.1 Å². The number of aromatic nitrogens is 1. The van der Waals surface area contributed by atoms with Crippen molar-refractivity contribution < 1.29 is 9.53 Å². The van der Waals surface area contributed by atoms with Gasteiger partial charge in [-0.1, -0.05) is 48.5 Å². The molecule has 30 heavy (non-hydrogen) atoms. The Hall–Kier alpha value is -2.60. The molecule has 7 heteroatoms. The Kier molecular flexibility index (Phi) is 9.12. The fraction of sp³-hybridized carbons (Fsp3) is 0.217. The predicted octanol–water partition coefficient (Wildman–Crippen LogP) is 4.09.